The highest BCUT2D eigenvalue weighted by Gasteiger charge is 1.94. The van der Waals surface area contributed by atoms with Crippen molar-refractivity contribution in [3.05, 3.63) is 166 Å². The first-order chi connectivity index (χ1) is 19.1. The van der Waals surface area contributed by atoms with Crippen LogP contribution < -0.4 is 0 Å². The highest BCUT2D eigenvalue weighted by Crippen LogP contribution is 2.18. The van der Waals surface area contributed by atoms with Crippen LogP contribution in [0.15, 0.2) is 121 Å². The molecule has 0 N–H and O–H groups in total. The van der Waals surface area contributed by atoms with Crippen LogP contribution in [0.25, 0.3) is 21.5 Å². The monoisotopic (exact) mass is 540 g/mol. The van der Waals surface area contributed by atoms with Gasteiger partial charge in [0.05, 0.1) is 0 Å². The fourth-order valence-electron chi connectivity index (χ4n) is 4.41. The van der Waals surface area contributed by atoms with Crippen molar-refractivity contribution in [2.75, 3.05) is 0 Å². The first-order valence-electron chi connectivity index (χ1n) is 14.1. The van der Waals surface area contributed by atoms with Gasteiger partial charge in [0.2, 0.25) is 0 Å². The number of rotatable bonds is 0. The molecule has 0 amide bonds. The summed E-state index contributed by atoms with van der Waals surface area (Å²) in [5, 5.41) is 5.34. The number of hydrogen-bond acceptors (Lipinski definition) is 0. The largest absolute Gasteiger partial charge is 0.0776 e. The van der Waals surface area contributed by atoms with Crippen molar-refractivity contribution in [3.8, 4) is 0 Å². The van der Waals surface area contributed by atoms with Crippen molar-refractivity contribution in [2.45, 2.75) is 62.8 Å². The van der Waals surface area contributed by atoms with Gasteiger partial charge in [-0.3, -0.25) is 0 Å². The fourth-order valence-corrected chi connectivity index (χ4v) is 4.41. The maximum Gasteiger partial charge on any atom is -0.0179 e. The molecule has 0 saturated heterocycles. The van der Waals surface area contributed by atoms with Gasteiger partial charge in [-0.15, -0.1) is 0 Å². The van der Waals surface area contributed by atoms with Crippen molar-refractivity contribution in [1.82, 2.24) is 0 Å². The minimum Gasteiger partial charge on any atom is -0.0776 e. The molecule has 0 heterocycles. The molecule has 0 saturated carbocycles. The quantitative estimate of drug-likeness (QED) is 0.180. The molecule has 0 spiro atoms. The summed E-state index contributed by atoms with van der Waals surface area (Å²) < 4.78 is 0. The van der Waals surface area contributed by atoms with Crippen LogP contribution in [-0.4, -0.2) is 0 Å². The molecule has 0 atom stereocenters. The average molecular weight is 541 g/mol. The van der Waals surface area contributed by atoms with Gasteiger partial charge >= 0.3 is 0 Å². The maximum absolute atomic E-state index is 2.22. The van der Waals surface area contributed by atoms with Gasteiger partial charge < -0.3 is 0 Å². The number of benzene rings is 6. The molecule has 41 heavy (non-hydrogen) atoms. The SMILES string of the molecule is C.Cc1ccc(C)cc1.Cc1ccc2cc(C)ccc2c1.Cc1ccc2ccc(C)cc2c1.Cc1cccc(C)c1. The molecule has 212 valence electrons. The summed E-state index contributed by atoms with van der Waals surface area (Å²) in [5.41, 5.74) is 10.6. The predicted octanol–water partition coefficient (Wildman–Crippen LogP) is 12.2. The second kappa shape index (κ2) is 16.2. The summed E-state index contributed by atoms with van der Waals surface area (Å²) in [7, 11) is 0. The van der Waals surface area contributed by atoms with E-state index in [4.69, 9.17) is 0 Å². The Morgan fingerprint density at radius 2 is 0.512 bits per heavy atom. The second-order valence-electron chi connectivity index (χ2n) is 11.0. The normalized spacial score (nSPS) is 9.76. The minimum atomic E-state index is 0. The van der Waals surface area contributed by atoms with Crippen LogP contribution in [0.2, 0.25) is 0 Å². The lowest BCUT2D eigenvalue weighted by atomic mass is 10.1. The van der Waals surface area contributed by atoms with E-state index in [1.807, 2.05) is 0 Å². The van der Waals surface area contributed by atoms with Crippen molar-refractivity contribution < 1.29 is 0 Å². The van der Waals surface area contributed by atoms with Gasteiger partial charge in [0.15, 0.2) is 0 Å². The second-order valence-corrected chi connectivity index (χ2v) is 11.0. The first-order valence-corrected chi connectivity index (χ1v) is 14.1. The van der Waals surface area contributed by atoms with Crippen LogP contribution in [0, 0.1) is 55.4 Å². The smallest absolute Gasteiger partial charge is 0.0179 e. The topological polar surface area (TPSA) is 0 Å². The van der Waals surface area contributed by atoms with Gasteiger partial charge in [-0.1, -0.05) is 173 Å². The molecule has 0 bridgehead atoms. The highest BCUT2D eigenvalue weighted by atomic mass is 14.0. The molecule has 0 radical (unpaired) electrons. The Balaban J connectivity index is 0.000000193. The zero-order valence-corrected chi connectivity index (χ0v) is 25.5. The fraction of sp³-hybridized carbons (Fsp3) is 0.220. The molecule has 0 unspecified atom stereocenters. The van der Waals surface area contributed by atoms with Gasteiger partial charge in [0.1, 0.15) is 0 Å². The van der Waals surface area contributed by atoms with Gasteiger partial charge in [0.25, 0.3) is 0 Å². The summed E-state index contributed by atoms with van der Waals surface area (Å²) in [5.74, 6) is 0. The Hall–Kier alpha value is -4.16. The predicted molar refractivity (Wildman–Crippen MR) is 185 cm³/mol. The van der Waals surface area contributed by atoms with E-state index in [1.165, 1.54) is 66.1 Å². The third kappa shape index (κ3) is 11.5. The summed E-state index contributed by atoms with van der Waals surface area (Å²) in [6.45, 7) is 16.9. The Kier molecular flexibility index (Phi) is 13.0. The van der Waals surface area contributed by atoms with Crippen molar-refractivity contribution in [1.29, 1.82) is 0 Å². The van der Waals surface area contributed by atoms with Crippen LogP contribution in [0.5, 0.6) is 0 Å². The van der Waals surface area contributed by atoms with Crippen LogP contribution >= 0.6 is 0 Å². The van der Waals surface area contributed by atoms with E-state index in [0.29, 0.717) is 0 Å². The number of hydrogen-bond donors (Lipinski definition) is 0. The standard InChI is InChI=1S/2C12H12.2C8H10.CH4/c1-9-3-5-12-8-10(2)4-6-11(12)7-9;1-9-3-5-11-6-4-10(2)8-12(11)7-9;1-7-3-5-8(2)6-4-7;1-7-4-3-5-8(2)6-7;/h2*3-8H,1-2H3;2*3-6H,1-2H3;1H4. The van der Waals surface area contributed by atoms with Gasteiger partial charge in [-0.2, -0.15) is 0 Å². The summed E-state index contributed by atoms with van der Waals surface area (Å²) >= 11 is 0. The number of aryl methyl sites for hydroxylation is 8. The molecule has 0 aromatic heterocycles. The Morgan fingerprint density at radius 3 is 0.829 bits per heavy atom. The molecule has 0 aliphatic carbocycles. The molecule has 0 fully saturated rings. The molecule has 6 aromatic rings. The van der Waals surface area contributed by atoms with Crippen molar-refractivity contribution in [3.63, 3.8) is 0 Å². The molecule has 6 aromatic carbocycles. The van der Waals surface area contributed by atoms with Crippen molar-refractivity contribution >= 4 is 21.5 Å². The van der Waals surface area contributed by atoms with Crippen LogP contribution in [0.1, 0.15) is 51.9 Å². The zero-order chi connectivity index (χ0) is 29.1. The first kappa shape index (κ1) is 33.0. The Labute approximate surface area is 249 Å². The van der Waals surface area contributed by atoms with Crippen LogP contribution in [-0.2, 0) is 0 Å². The lowest BCUT2D eigenvalue weighted by Gasteiger charge is -1.99. The minimum absolute atomic E-state index is 0. The molecule has 0 aliphatic heterocycles. The molecular formula is C41H48. The Morgan fingerprint density at radius 1 is 0.244 bits per heavy atom. The van der Waals surface area contributed by atoms with Crippen LogP contribution in [0.3, 0.4) is 0 Å². The highest BCUT2D eigenvalue weighted by molar-refractivity contribution is 5.84. The lowest BCUT2D eigenvalue weighted by molar-refractivity contribution is 1.39. The summed E-state index contributed by atoms with van der Waals surface area (Å²) in [6.07, 6.45) is 0. The van der Waals surface area contributed by atoms with E-state index in [-0.39, 0.29) is 7.43 Å². The average Bonchev–Trinajstić information content (AvgIpc) is 2.91. The van der Waals surface area contributed by atoms with Crippen molar-refractivity contribution in [2.24, 2.45) is 0 Å². The Bertz CT molecular complexity index is 1540. The van der Waals surface area contributed by atoms with Gasteiger partial charge in [-0.25, -0.2) is 0 Å². The molecule has 0 aliphatic rings. The maximum atomic E-state index is 2.22. The van der Waals surface area contributed by atoms with Crippen LogP contribution in [0.4, 0.5) is 0 Å². The summed E-state index contributed by atoms with van der Waals surface area (Å²) in [4.78, 5) is 0. The number of fused-ring (bicyclic) bond motifs is 2. The lowest BCUT2D eigenvalue weighted by Crippen LogP contribution is -1.76. The van der Waals surface area contributed by atoms with E-state index in [1.54, 1.807) is 0 Å². The molecule has 0 heteroatoms. The van der Waals surface area contributed by atoms with E-state index in [9.17, 15) is 0 Å². The third-order valence-corrected chi connectivity index (χ3v) is 6.69. The van der Waals surface area contributed by atoms with E-state index >= 15 is 0 Å². The van der Waals surface area contributed by atoms with Gasteiger partial charge in [-0.05, 0) is 76.9 Å². The van der Waals surface area contributed by atoms with E-state index in [0.717, 1.165) is 0 Å². The summed E-state index contributed by atoms with van der Waals surface area (Å²) in [6, 6.07) is 43.1. The van der Waals surface area contributed by atoms with E-state index in [2.05, 4.69) is 177 Å². The molecule has 0 nitrogen and oxygen atoms in total. The van der Waals surface area contributed by atoms with Gasteiger partial charge in [0, 0.05) is 0 Å². The molecular weight excluding hydrogens is 492 g/mol. The van der Waals surface area contributed by atoms with E-state index < -0.39 is 0 Å². The molecule has 6 rings (SSSR count). The third-order valence-electron chi connectivity index (χ3n) is 6.69. The zero-order valence-electron chi connectivity index (χ0n) is 25.5.